The zero-order valence-corrected chi connectivity index (χ0v) is 20.5. The molecule has 4 rings (SSSR count). The number of hydrogen-bond donors (Lipinski definition) is 2. The third-order valence-corrected chi connectivity index (χ3v) is 7.75. The maximum absolute atomic E-state index is 12.3. The summed E-state index contributed by atoms with van der Waals surface area (Å²) in [5, 5.41) is 13.5. The fraction of sp³-hybridized carbons (Fsp3) is 0.536. The van der Waals surface area contributed by atoms with Crippen LogP contribution in [0.4, 0.5) is 5.69 Å². The molecular weight excluding hydrogens is 412 g/mol. The molecule has 0 bridgehead atoms. The number of carboxylic acids is 1. The first-order valence-corrected chi connectivity index (χ1v) is 12.3. The second-order valence-electron chi connectivity index (χ2n) is 10.1. The topological polar surface area (TPSA) is 61.8 Å². The van der Waals surface area contributed by atoms with Crippen LogP contribution in [-0.4, -0.2) is 47.8 Å². The minimum Gasteiger partial charge on any atom is -0.480 e. The van der Waals surface area contributed by atoms with Gasteiger partial charge in [-0.2, -0.15) is 0 Å². The summed E-state index contributed by atoms with van der Waals surface area (Å²) in [6, 6.07) is 10.8. The molecule has 1 heterocycles. The molecule has 5 nitrogen and oxygen atoms in total. The summed E-state index contributed by atoms with van der Waals surface area (Å²) >= 11 is 0. The highest BCUT2D eigenvalue weighted by atomic mass is 16.5. The van der Waals surface area contributed by atoms with Crippen molar-refractivity contribution < 1.29 is 14.6 Å². The Morgan fingerprint density at radius 2 is 1.73 bits per heavy atom. The summed E-state index contributed by atoms with van der Waals surface area (Å²) in [4.78, 5) is 14.5. The molecule has 2 aliphatic rings. The maximum atomic E-state index is 12.3. The zero-order valence-electron chi connectivity index (χ0n) is 20.5. The number of benzene rings is 2. The van der Waals surface area contributed by atoms with E-state index in [1.54, 1.807) is 0 Å². The first-order valence-electron chi connectivity index (χ1n) is 12.3. The third-order valence-electron chi connectivity index (χ3n) is 7.75. The van der Waals surface area contributed by atoms with E-state index in [1.807, 2.05) is 13.1 Å². The highest BCUT2D eigenvalue weighted by Gasteiger charge is 2.41. The molecule has 1 aliphatic heterocycles. The van der Waals surface area contributed by atoms with E-state index in [9.17, 15) is 9.90 Å². The van der Waals surface area contributed by atoms with E-state index in [0.29, 0.717) is 25.6 Å². The number of carbonyl (C=O) groups is 1. The summed E-state index contributed by atoms with van der Waals surface area (Å²) in [6.45, 7) is 8.58. The molecule has 1 aliphatic carbocycles. The fourth-order valence-corrected chi connectivity index (χ4v) is 5.20. The Hall–Kier alpha value is -2.37. The largest absolute Gasteiger partial charge is 0.480 e. The van der Waals surface area contributed by atoms with Gasteiger partial charge < -0.3 is 20.1 Å². The average Bonchev–Trinajstić information content (AvgIpc) is 3.31. The molecule has 2 fully saturated rings. The fourth-order valence-electron chi connectivity index (χ4n) is 5.20. The molecular formula is C28H38N2O3. The van der Waals surface area contributed by atoms with E-state index in [2.05, 4.69) is 55.3 Å². The summed E-state index contributed by atoms with van der Waals surface area (Å²) in [5.41, 5.74) is 7.30. The van der Waals surface area contributed by atoms with Crippen LogP contribution >= 0.6 is 0 Å². The van der Waals surface area contributed by atoms with Crippen molar-refractivity contribution in [2.75, 3.05) is 25.5 Å². The number of carboxylic acid groups (broad SMARTS) is 1. The highest BCUT2D eigenvalue weighted by molar-refractivity contribution is 5.83. The van der Waals surface area contributed by atoms with Gasteiger partial charge in [0.15, 0.2) is 0 Å². The van der Waals surface area contributed by atoms with Gasteiger partial charge in [0.1, 0.15) is 5.54 Å². The predicted octanol–water partition coefficient (Wildman–Crippen LogP) is 5.70. The molecule has 0 unspecified atom stereocenters. The lowest BCUT2D eigenvalue weighted by Gasteiger charge is -2.38. The van der Waals surface area contributed by atoms with E-state index in [4.69, 9.17) is 4.74 Å². The Bertz CT molecular complexity index is 979. The van der Waals surface area contributed by atoms with Crippen LogP contribution in [-0.2, 0) is 16.1 Å². The summed E-state index contributed by atoms with van der Waals surface area (Å²) in [6.07, 6.45) is 6.25. The van der Waals surface area contributed by atoms with Gasteiger partial charge in [0.2, 0.25) is 0 Å². The lowest BCUT2D eigenvalue weighted by Crippen LogP contribution is -2.53. The molecule has 33 heavy (non-hydrogen) atoms. The predicted molar refractivity (Wildman–Crippen MR) is 134 cm³/mol. The highest BCUT2D eigenvalue weighted by Crippen LogP contribution is 2.34. The second-order valence-corrected chi connectivity index (χ2v) is 10.1. The van der Waals surface area contributed by atoms with E-state index >= 15 is 0 Å². The van der Waals surface area contributed by atoms with Crippen LogP contribution in [0, 0.1) is 20.8 Å². The molecule has 0 atom stereocenters. The molecule has 2 N–H and O–H groups in total. The van der Waals surface area contributed by atoms with Crippen LogP contribution in [0.2, 0.25) is 0 Å². The number of nitrogens with one attached hydrogen (secondary N) is 1. The van der Waals surface area contributed by atoms with E-state index in [-0.39, 0.29) is 0 Å². The monoisotopic (exact) mass is 450 g/mol. The number of piperidine rings is 1. The normalized spacial score (nSPS) is 19.0. The van der Waals surface area contributed by atoms with Gasteiger partial charge in [0.05, 0.1) is 12.7 Å². The van der Waals surface area contributed by atoms with Gasteiger partial charge >= 0.3 is 5.97 Å². The number of rotatable bonds is 7. The van der Waals surface area contributed by atoms with Crippen molar-refractivity contribution in [1.82, 2.24) is 4.90 Å². The molecule has 2 aromatic rings. The first-order chi connectivity index (χ1) is 15.8. The minimum absolute atomic E-state index is 0.329. The van der Waals surface area contributed by atoms with Crippen molar-refractivity contribution in [2.24, 2.45) is 0 Å². The Balaban J connectivity index is 1.66. The van der Waals surface area contributed by atoms with Crippen molar-refractivity contribution in [1.29, 1.82) is 0 Å². The van der Waals surface area contributed by atoms with E-state index in [0.717, 1.165) is 42.7 Å². The lowest BCUT2D eigenvalue weighted by molar-refractivity contribution is -0.143. The number of ether oxygens (including phenoxy) is 1. The van der Waals surface area contributed by atoms with Crippen molar-refractivity contribution in [3.63, 3.8) is 0 Å². The number of hydrogen-bond acceptors (Lipinski definition) is 4. The third kappa shape index (κ3) is 5.25. The van der Waals surface area contributed by atoms with Gasteiger partial charge in [-0.05, 0) is 99.0 Å². The number of aliphatic carboxylic acids is 1. The second kappa shape index (κ2) is 9.86. The molecule has 0 aromatic heterocycles. The summed E-state index contributed by atoms with van der Waals surface area (Å²) < 4.78 is 6.32. The van der Waals surface area contributed by atoms with Crippen LogP contribution in [0.25, 0.3) is 11.1 Å². The van der Waals surface area contributed by atoms with Gasteiger partial charge in [-0.15, -0.1) is 0 Å². The van der Waals surface area contributed by atoms with Crippen molar-refractivity contribution >= 4 is 11.7 Å². The van der Waals surface area contributed by atoms with E-state index in [1.165, 1.54) is 35.1 Å². The number of nitrogens with zero attached hydrogens (tertiary/aromatic N) is 1. The first kappa shape index (κ1) is 23.8. The molecule has 2 aromatic carbocycles. The van der Waals surface area contributed by atoms with Crippen LogP contribution in [0.5, 0.6) is 0 Å². The SMILES string of the molecule is Cc1cc(-c2ccc(NC3(C(=O)O)CCN(C)CC3)cc2COC2CCCC2)cc(C)c1C. The van der Waals surface area contributed by atoms with Crippen LogP contribution in [0.1, 0.15) is 60.8 Å². The molecule has 178 valence electrons. The molecule has 1 saturated heterocycles. The standard InChI is InChI=1S/C28H38N2O3/c1-19-15-22(16-20(2)21(19)3)26-10-9-24(17-23(26)18-33-25-7-5-6-8-25)29-28(27(31)32)11-13-30(4)14-12-28/h9-10,15-17,25,29H,5-8,11-14,18H2,1-4H3,(H,31,32). The number of likely N-dealkylation sites (tertiary alicyclic amines) is 1. The van der Waals surface area contributed by atoms with Crippen molar-refractivity contribution in [2.45, 2.75) is 77.5 Å². The lowest BCUT2D eigenvalue weighted by atomic mass is 9.87. The van der Waals surface area contributed by atoms with Gasteiger partial charge in [0.25, 0.3) is 0 Å². The van der Waals surface area contributed by atoms with Crippen LogP contribution < -0.4 is 5.32 Å². The zero-order chi connectivity index (χ0) is 23.6. The average molecular weight is 451 g/mol. The van der Waals surface area contributed by atoms with Crippen molar-refractivity contribution in [3.05, 3.63) is 52.6 Å². The van der Waals surface area contributed by atoms with E-state index < -0.39 is 11.5 Å². The minimum atomic E-state index is -0.922. The van der Waals surface area contributed by atoms with Crippen LogP contribution in [0.3, 0.4) is 0 Å². The number of aryl methyl sites for hydroxylation is 2. The summed E-state index contributed by atoms with van der Waals surface area (Å²) in [5.74, 6) is -0.770. The maximum Gasteiger partial charge on any atom is 0.329 e. The molecule has 0 amide bonds. The Kier molecular flexibility index (Phi) is 7.10. The van der Waals surface area contributed by atoms with Crippen LogP contribution in [0.15, 0.2) is 30.3 Å². The summed E-state index contributed by atoms with van der Waals surface area (Å²) in [7, 11) is 2.05. The molecule has 0 radical (unpaired) electrons. The Labute approximate surface area is 198 Å². The van der Waals surface area contributed by atoms with Gasteiger partial charge in [0, 0.05) is 18.8 Å². The smallest absolute Gasteiger partial charge is 0.329 e. The molecule has 0 spiro atoms. The Morgan fingerprint density at radius 3 is 2.33 bits per heavy atom. The van der Waals surface area contributed by atoms with Gasteiger partial charge in [-0.1, -0.05) is 31.0 Å². The van der Waals surface area contributed by atoms with Crippen molar-refractivity contribution in [3.8, 4) is 11.1 Å². The van der Waals surface area contributed by atoms with Gasteiger partial charge in [-0.3, -0.25) is 0 Å². The Morgan fingerprint density at radius 1 is 1.09 bits per heavy atom. The molecule has 5 heteroatoms. The number of anilines is 1. The molecule has 1 saturated carbocycles. The van der Waals surface area contributed by atoms with Gasteiger partial charge in [-0.25, -0.2) is 4.79 Å². The quantitative estimate of drug-likeness (QED) is 0.567.